The molecule has 1 aliphatic rings. The largest absolute Gasteiger partial charge is 0.307 e. The molecule has 31 heavy (non-hydrogen) atoms. The molecule has 4 rings (SSSR count). The van der Waals surface area contributed by atoms with Crippen LogP contribution in [0.4, 0.5) is 11.5 Å². The second-order valence-electron chi connectivity index (χ2n) is 7.22. The first kappa shape index (κ1) is 20.5. The lowest BCUT2D eigenvalue weighted by atomic mass is 10.2. The van der Waals surface area contributed by atoms with Gasteiger partial charge < -0.3 is 5.32 Å². The minimum absolute atomic E-state index is 0.0413. The van der Waals surface area contributed by atoms with Gasteiger partial charge in [-0.2, -0.15) is 5.10 Å². The summed E-state index contributed by atoms with van der Waals surface area (Å²) < 4.78 is 25.6. The number of nitro benzene ring substituents is 1. The molecule has 2 heterocycles. The van der Waals surface area contributed by atoms with E-state index in [1.807, 2.05) is 31.2 Å². The Morgan fingerprint density at radius 3 is 2.45 bits per heavy atom. The quantitative estimate of drug-likeness (QED) is 0.371. The van der Waals surface area contributed by atoms with Crippen molar-refractivity contribution in [3.8, 4) is 5.69 Å². The van der Waals surface area contributed by atoms with Crippen molar-refractivity contribution in [3.63, 3.8) is 0 Å². The number of carbonyl (C=O) groups is 1. The number of rotatable bonds is 5. The summed E-state index contributed by atoms with van der Waals surface area (Å²) in [6, 6.07) is 13.2. The molecule has 0 saturated carbocycles. The van der Waals surface area contributed by atoms with Gasteiger partial charge in [0.25, 0.3) is 5.69 Å². The molecule has 0 fully saturated rings. The van der Waals surface area contributed by atoms with Crippen LogP contribution in [0, 0.1) is 17.0 Å². The highest BCUT2D eigenvalue weighted by atomic mass is 32.2. The number of nitro groups is 1. The maximum atomic E-state index is 12.6. The molecule has 2 aromatic carbocycles. The summed E-state index contributed by atoms with van der Waals surface area (Å²) in [6.45, 7) is 1.95. The molecule has 1 aliphatic heterocycles. The Morgan fingerprint density at radius 1 is 1.13 bits per heavy atom. The molecule has 1 aromatic heterocycles. The molecule has 0 unspecified atom stereocenters. The molecule has 0 bridgehead atoms. The second kappa shape index (κ2) is 7.80. The van der Waals surface area contributed by atoms with Gasteiger partial charge in [-0.3, -0.25) is 14.9 Å². The van der Waals surface area contributed by atoms with Crippen LogP contribution >= 0.6 is 0 Å². The van der Waals surface area contributed by atoms with E-state index in [2.05, 4.69) is 10.4 Å². The van der Waals surface area contributed by atoms with E-state index in [4.69, 9.17) is 0 Å². The number of hydrogen-bond donors (Lipinski definition) is 1. The number of aryl methyl sites for hydroxylation is 1. The summed E-state index contributed by atoms with van der Waals surface area (Å²) in [5.74, 6) is -0.504. The lowest BCUT2D eigenvalue weighted by Crippen LogP contribution is -2.14. The van der Waals surface area contributed by atoms with Crippen LogP contribution in [-0.4, -0.2) is 29.0 Å². The number of hydrogen-bond acceptors (Lipinski definition) is 6. The highest BCUT2D eigenvalue weighted by Crippen LogP contribution is 2.33. The molecule has 0 saturated heterocycles. The summed E-state index contributed by atoms with van der Waals surface area (Å²) >= 11 is 0. The summed E-state index contributed by atoms with van der Waals surface area (Å²) in [5, 5.41) is 17.9. The van der Waals surface area contributed by atoms with E-state index in [9.17, 15) is 23.3 Å². The van der Waals surface area contributed by atoms with Crippen molar-refractivity contribution in [2.24, 2.45) is 0 Å². The van der Waals surface area contributed by atoms with Gasteiger partial charge in [-0.05, 0) is 42.8 Å². The van der Waals surface area contributed by atoms with Crippen LogP contribution in [0.2, 0.25) is 0 Å². The van der Waals surface area contributed by atoms with Crippen LogP contribution < -0.4 is 5.32 Å². The molecule has 9 nitrogen and oxygen atoms in total. The van der Waals surface area contributed by atoms with Gasteiger partial charge in [0, 0.05) is 23.8 Å². The molecule has 1 N–H and O–H groups in total. The first-order chi connectivity index (χ1) is 14.7. The Kier molecular flexibility index (Phi) is 5.15. The third-order valence-corrected chi connectivity index (χ3v) is 6.28. The summed E-state index contributed by atoms with van der Waals surface area (Å²) in [4.78, 5) is 22.8. The van der Waals surface area contributed by atoms with Crippen molar-refractivity contribution >= 4 is 33.3 Å². The molecule has 1 amide bonds. The topological polar surface area (TPSA) is 124 Å². The average molecular weight is 438 g/mol. The molecule has 158 valence electrons. The molecule has 0 aliphatic carbocycles. The first-order valence-corrected chi connectivity index (χ1v) is 11.2. The Balaban J connectivity index is 1.61. The van der Waals surface area contributed by atoms with E-state index in [1.54, 1.807) is 0 Å². The van der Waals surface area contributed by atoms with E-state index in [0.717, 1.165) is 5.56 Å². The van der Waals surface area contributed by atoms with Crippen molar-refractivity contribution in [1.82, 2.24) is 9.78 Å². The van der Waals surface area contributed by atoms with Gasteiger partial charge in [0.05, 0.1) is 27.8 Å². The van der Waals surface area contributed by atoms with Gasteiger partial charge >= 0.3 is 0 Å². The van der Waals surface area contributed by atoms with Gasteiger partial charge in [-0.25, -0.2) is 13.1 Å². The number of fused-ring (bicyclic) bond motifs is 1. The molecular formula is C21H18N4O5S. The first-order valence-electron chi connectivity index (χ1n) is 9.33. The molecule has 10 heteroatoms. The highest BCUT2D eigenvalue weighted by molar-refractivity contribution is 7.90. The Morgan fingerprint density at radius 2 is 1.81 bits per heavy atom. The van der Waals surface area contributed by atoms with Gasteiger partial charge in [-0.1, -0.05) is 17.7 Å². The number of aromatic nitrogens is 2. The molecule has 0 spiro atoms. The SMILES string of the molecule is Cc1ccc(-n2nc3c(c2NC(=O)/C=C\c2ccc([N+](=O)[O-])cc2)CS(=O)(=O)C3)cc1. The molecular weight excluding hydrogens is 420 g/mol. The van der Waals surface area contributed by atoms with Crippen LogP contribution in [0.1, 0.15) is 22.4 Å². The highest BCUT2D eigenvalue weighted by Gasteiger charge is 2.33. The van der Waals surface area contributed by atoms with Crippen LogP contribution in [0.5, 0.6) is 0 Å². The number of non-ortho nitro benzene ring substituents is 1. The van der Waals surface area contributed by atoms with Gasteiger partial charge in [0.1, 0.15) is 5.82 Å². The summed E-state index contributed by atoms with van der Waals surface area (Å²) in [5.41, 5.74) is 3.24. The lowest BCUT2D eigenvalue weighted by molar-refractivity contribution is -0.384. The Bertz CT molecular complexity index is 1310. The normalized spacial score (nSPS) is 14.5. The third-order valence-electron chi connectivity index (χ3n) is 4.84. The fourth-order valence-corrected chi connectivity index (χ4v) is 4.77. The Hall–Kier alpha value is -3.79. The standard InChI is InChI=1S/C21H18N4O5S/c1-14-2-7-16(8-3-14)24-21(18-12-31(29,30)13-19(18)23-24)22-20(26)11-6-15-4-9-17(10-5-15)25(27)28/h2-11H,12-13H2,1H3,(H,22,26)/b11-6-. The predicted molar refractivity (Wildman–Crippen MR) is 115 cm³/mol. The maximum absolute atomic E-state index is 12.6. The van der Waals surface area contributed by atoms with Crippen LogP contribution in [0.15, 0.2) is 54.6 Å². The lowest BCUT2D eigenvalue weighted by Gasteiger charge is -2.10. The number of carbonyl (C=O) groups excluding carboxylic acids is 1. The summed E-state index contributed by atoms with van der Waals surface area (Å²) in [6.07, 6.45) is 2.80. The van der Waals surface area contributed by atoms with E-state index in [-0.39, 0.29) is 17.2 Å². The maximum Gasteiger partial charge on any atom is 0.269 e. The minimum Gasteiger partial charge on any atom is -0.307 e. The van der Waals surface area contributed by atoms with E-state index < -0.39 is 20.7 Å². The van der Waals surface area contributed by atoms with Crippen molar-refractivity contribution in [2.45, 2.75) is 18.4 Å². The zero-order chi connectivity index (χ0) is 22.2. The van der Waals surface area contributed by atoms with Gasteiger partial charge in [0.15, 0.2) is 9.84 Å². The zero-order valence-electron chi connectivity index (χ0n) is 16.5. The summed E-state index contributed by atoms with van der Waals surface area (Å²) in [7, 11) is -3.29. The van der Waals surface area contributed by atoms with Crippen molar-refractivity contribution in [3.05, 3.63) is 87.1 Å². The van der Waals surface area contributed by atoms with E-state index in [1.165, 1.54) is 41.1 Å². The fourth-order valence-electron chi connectivity index (χ4n) is 3.28. The van der Waals surface area contributed by atoms with Crippen LogP contribution in [-0.2, 0) is 26.1 Å². The number of nitrogens with one attached hydrogen (secondary N) is 1. The monoisotopic (exact) mass is 438 g/mol. The fraction of sp³-hybridized carbons (Fsp3) is 0.143. The van der Waals surface area contributed by atoms with Gasteiger partial charge in [0.2, 0.25) is 5.91 Å². The number of amides is 1. The number of nitrogens with zero attached hydrogens (tertiary/aromatic N) is 3. The van der Waals surface area contributed by atoms with Crippen molar-refractivity contribution < 1.29 is 18.1 Å². The van der Waals surface area contributed by atoms with E-state index in [0.29, 0.717) is 28.3 Å². The average Bonchev–Trinajstić information content (AvgIpc) is 3.19. The Labute approximate surface area is 178 Å². The molecule has 3 aromatic rings. The van der Waals surface area contributed by atoms with Crippen LogP contribution in [0.25, 0.3) is 11.8 Å². The minimum atomic E-state index is -3.29. The van der Waals surface area contributed by atoms with E-state index >= 15 is 0 Å². The molecule has 0 radical (unpaired) electrons. The number of anilines is 1. The zero-order valence-corrected chi connectivity index (χ0v) is 17.3. The predicted octanol–water partition coefficient (Wildman–Crippen LogP) is 3.17. The second-order valence-corrected chi connectivity index (χ2v) is 9.29. The van der Waals surface area contributed by atoms with Gasteiger partial charge in [-0.15, -0.1) is 0 Å². The van der Waals surface area contributed by atoms with Crippen LogP contribution in [0.3, 0.4) is 0 Å². The van der Waals surface area contributed by atoms with Crippen molar-refractivity contribution in [1.29, 1.82) is 0 Å². The smallest absolute Gasteiger partial charge is 0.269 e. The number of sulfone groups is 1. The third kappa shape index (κ3) is 4.38. The van der Waals surface area contributed by atoms with Crippen molar-refractivity contribution in [2.75, 3.05) is 5.32 Å². The molecule has 0 atom stereocenters. The number of benzene rings is 2.